The fraction of sp³-hybridized carbons (Fsp3) is 0.500. The molecule has 0 N–H and O–H groups in total. The number of nitrogens with zero attached hydrogens (tertiary/aromatic N) is 1. The maximum Gasteiger partial charge on any atom is 0.235 e. The van der Waals surface area contributed by atoms with Gasteiger partial charge in [0.05, 0.1) is 27.1 Å². The predicted octanol–water partition coefficient (Wildman–Crippen LogP) is 1.74. The molecule has 0 spiro atoms. The van der Waals surface area contributed by atoms with Crippen LogP contribution in [-0.2, 0) is 20.8 Å². The van der Waals surface area contributed by atoms with Crippen molar-refractivity contribution >= 4 is 26.5 Å². The molecule has 1 aliphatic heterocycles. The van der Waals surface area contributed by atoms with Gasteiger partial charge in [-0.3, -0.25) is 8.51 Å². The molecule has 18 heavy (non-hydrogen) atoms. The normalized spacial score (nSPS) is 19.6. The van der Waals surface area contributed by atoms with Crippen LogP contribution in [0.3, 0.4) is 0 Å². The molecule has 4 nitrogen and oxygen atoms in total. The summed E-state index contributed by atoms with van der Waals surface area (Å²) in [5.41, 5.74) is 0.582. The lowest BCUT2D eigenvalue weighted by atomic mass is 10.3. The molecule has 100 valence electrons. The Kier molecular flexibility index (Phi) is 4.07. The van der Waals surface area contributed by atoms with Crippen molar-refractivity contribution in [2.75, 3.05) is 22.4 Å². The molecule has 1 aliphatic rings. The molecule has 1 unspecified atom stereocenters. The second kappa shape index (κ2) is 5.40. The molecule has 2 rings (SSSR count). The summed E-state index contributed by atoms with van der Waals surface area (Å²) in [4.78, 5) is 0.629. The van der Waals surface area contributed by atoms with Crippen LogP contribution in [0.25, 0.3) is 0 Å². The van der Waals surface area contributed by atoms with Crippen molar-refractivity contribution in [3.63, 3.8) is 0 Å². The summed E-state index contributed by atoms with van der Waals surface area (Å²) in [5, 5.41) is 0. The molecular formula is C12H17NO3S2. The van der Waals surface area contributed by atoms with Crippen LogP contribution in [0.15, 0.2) is 29.2 Å². The second-order valence-corrected chi connectivity index (χ2v) is 7.81. The van der Waals surface area contributed by atoms with Gasteiger partial charge in [-0.2, -0.15) is 0 Å². The van der Waals surface area contributed by atoms with Gasteiger partial charge in [-0.05, 0) is 18.6 Å². The molecule has 1 aromatic carbocycles. The van der Waals surface area contributed by atoms with Gasteiger partial charge in [0.25, 0.3) is 0 Å². The quantitative estimate of drug-likeness (QED) is 0.847. The number of para-hydroxylation sites is 1. The van der Waals surface area contributed by atoms with E-state index in [1.807, 2.05) is 6.92 Å². The Hall–Kier alpha value is -0.880. The lowest BCUT2D eigenvalue weighted by Gasteiger charge is -2.29. The van der Waals surface area contributed by atoms with Gasteiger partial charge in [-0.1, -0.05) is 25.5 Å². The van der Waals surface area contributed by atoms with Crippen LogP contribution in [0.1, 0.15) is 19.8 Å². The van der Waals surface area contributed by atoms with E-state index in [1.165, 1.54) is 4.31 Å². The highest BCUT2D eigenvalue weighted by Crippen LogP contribution is 2.30. The van der Waals surface area contributed by atoms with Crippen LogP contribution in [0.2, 0.25) is 0 Å². The van der Waals surface area contributed by atoms with E-state index in [0.29, 0.717) is 29.3 Å². The molecule has 0 aromatic heterocycles. The van der Waals surface area contributed by atoms with E-state index in [4.69, 9.17) is 0 Å². The molecule has 0 saturated heterocycles. The number of rotatable bonds is 4. The third-order valence-electron chi connectivity index (χ3n) is 2.95. The van der Waals surface area contributed by atoms with Crippen molar-refractivity contribution in [3.05, 3.63) is 24.3 Å². The Balaban J connectivity index is 2.37. The average Bonchev–Trinajstić information content (AvgIpc) is 2.37. The van der Waals surface area contributed by atoms with E-state index in [9.17, 15) is 12.6 Å². The van der Waals surface area contributed by atoms with E-state index in [-0.39, 0.29) is 5.75 Å². The smallest absolute Gasteiger partial charge is 0.235 e. The summed E-state index contributed by atoms with van der Waals surface area (Å²) in [7, 11) is -4.37. The highest BCUT2D eigenvalue weighted by molar-refractivity contribution is 7.93. The van der Waals surface area contributed by atoms with Gasteiger partial charge >= 0.3 is 0 Å². The van der Waals surface area contributed by atoms with Gasteiger partial charge in [0.15, 0.2) is 0 Å². The van der Waals surface area contributed by atoms with E-state index in [2.05, 4.69) is 0 Å². The standard InChI is InChI=1S/C12H17NO3S2/c1-2-3-10-18(15,16)13-8-9-17(14)12-7-5-4-6-11(12)13/h4-7H,2-3,8-10H2,1H3. The highest BCUT2D eigenvalue weighted by Gasteiger charge is 2.29. The number of fused-ring (bicyclic) bond motifs is 1. The number of hydrogen-bond donors (Lipinski definition) is 0. The zero-order valence-electron chi connectivity index (χ0n) is 10.3. The summed E-state index contributed by atoms with van der Waals surface area (Å²) < 4.78 is 37.8. The average molecular weight is 287 g/mol. The lowest BCUT2D eigenvalue weighted by Crippen LogP contribution is -2.39. The fourth-order valence-corrected chi connectivity index (χ4v) is 5.06. The maximum atomic E-state index is 12.2. The minimum atomic E-state index is -3.28. The molecule has 1 aromatic rings. The van der Waals surface area contributed by atoms with Crippen LogP contribution >= 0.6 is 0 Å². The zero-order chi connectivity index (χ0) is 13.2. The first-order valence-corrected chi connectivity index (χ1v) is 8.97. The summed E-state index contributed by atoms with van der Waals surface area (Å²) in [6.45, 7) is 2.28. The van der Waals surface area contributed by atoms with Crippen molar-refractivity contribution in [2.45, 2.75) is 24.7 Å². The Labute approximate surface area is 111 Å². The number of benzene rings is 1. The first-order valence-electron chi connectivity index (χ1n) is 6.04. The minimum Gasteiger partial charge on any atom is -0.268 e. The number of sulfonamides is 1. The summed E-state index contributed by atoms with van der Waals surface area (Å²) in [6.07, 6.45) is 1.50. The highest BCUT2D eigenvalue weighted by atomic mass is 32.2. The molecule has 0 radical (unpaired) electrons. The third kappa shape index (κ3) is 2.59. The Morgan fingerprint density at radius 2 is 2.06 bits per heavy atom. The van der Waals surface area contributed by atoms with Crippen LogP contribution in [-0.4, -0.2) is 30.7 Å². The van der Waals surface area contributed by atoms with Gasteiger partial charge in [0.1, 0.15) is 0 Å². The topological polar surface area (TPSA) is 54.5 Å². The first-order chi connectivity index (χ1) is 8.56. The fourth-order valence-electron chi connectivity index (χ4n) is 1.98. The lowest BCUT2D eigenvalue weighted by molar-refractivity contribution is 0.587. The van der Waals surface area contributed by atoms with Crippen LogP contribution in [0, 0.1) is 0 Å². The SMILES string of the molecule is CCCCS(=O)(=O)N1CCS(=O)c2ccccc21. The first kappa shape index (κ1) is 13.5. The summed E-state index contributed by atoms with van der Waals surface area (Å²) >= 11 is 0. The van der Waals surface area contributed by atoms with Gasteiger partial charge in [-0.15, -0.1) is 0 Å². The van der Waals surface area contributed by atoms with E-state index < -0.39 is 20.8 Å². The molecule has 1 atom stereocenters. The molecule has 0 aliphatic carbocycles. The van der Waals surface area contributed by atoms with Gasteiger partial charge in [0.2, 0.25) is 10.0 Å². The van der Waals surface area contributed by atoms with Crippen molar-refractivity contribution in [1.82, 2.24) is 0 Å². The molecule has 0 bridgehead atoms. The Morgan fingerprint density at radius 3 is 2.78 bits per heavy atom. The Bertz CT molecular complexity index is 554. The molecule has 0 fully saturated rings. The van der Waals surface area contributed by atoms with Crippen molar-refractivity contribution in [3.8, 4) is 0 Å². The monoisotopic (exact) mass is 287 g/mol. The third-order valence-corrected chi connectivity index (χ3v) is 6.20. The molecule has 1 heterocycles. The van der Waals surface area contributed by atoms with E-state index in [1.54, 1.807) is 24.3 Å². The van der Waals surface area contributed by atoms with Crippen molar-refractivity contribution in [2.24, 2.45) is 0 Å². The van der Waals surface area contributed by atoms with Crippen LogP contribution in [0.4, 0.5) is 5.69 Å². The largest absolute Gasteiger partial charge is 0.268 e. The Morgan fingerprint density at radius 1 is 1.33 bits per heavy atom. The number of unbranched alkanes of at least 4 members (excludes halogenated alkanes) is 1. The van der Waals surface area contributed by atoms with Gasteiger partial charge < -0.3 is 0 Å². The van der Waals surface area contributed by atoms with Crippen molar-refractivity contribution < 1.29 is 12.6 Å². The molecule has 6 heteroatoms. The molecule has 0 saturated carbocycles. The summed E-state index contributed by atoms with van der Waals surface area (Å²) in [5.74, 6) is 0.535. The second-order valence-electron chi connectivity index (χ2n) is 4.26. The number of anilines is 1. The predicted molar refractivity (Wildman–Crippen MR) is 73.8 cm³/mol. The number of hydrogen-bond acceptors (Lipinski definition) is 3. The van der Waals surface area contributed by atoms with Gasteiger partial charge in [0, 0.05) is 12.3 Å². The zero-order valence-corrected chi connectivity index (χ0v) is 12.0. The van der Waals surface area contributed by atoms with Gasteiger partial charge in [-0.25, -0.2) is 8.42 Å². The minimum absolute atomic E-state index is 0.157. The molecule has 0 amide bonds. The maximum absolute atomic E-state index is 12.2. The van der Waals surface area contributed by atoms with E-state index >= 15 is 0 Å². The van der Waals surface area contributed by atoms with Crippen LogP contribution < -0.4 is 4.31 Å². The van der Waals surface area contributed by atoms with Crippen LogP contribution in [0.5, 0.6) is 0 Å². The van der Waals surface area contributed by atoms with Crippen molar-refractivity contribution in [1.29, 1.82) is 0 Å². The molecular weight excluding hydrogens is 270 g/mol. The van der Waals surface area contributed by atoms with E-state index in [0.717, 1.165) is 6.42 Å². The summed E-state index contributed by atoms with van der Waals surface area (Å²) in [6, 6.07) is 7.05.